The second kappa shape index (κ2) is 6.86. The Morgan fingerprint density at radius 3 is 2.15 bits per heavy atom. The molecular weight excluding hydrogens is 380 g/mol. The Morgan fingerprint density at radius 1 is 1.00 bits per heavy atom. The zero-order valence-corrected chi connectivity index (χ0v) is 14.2. The van der Waals surface area contributed by atoms with Gasteiger partial charge in [0.25, 0.3) is 0 Å². The van der Waals surface area contributed by atoms with Gasteiger partial charge >= 0.3 is 0 Å². The van der Waals surface area contributed by atoms with Crippen molar-refractivity contribution in [2.24, 2.45) is 5.10 Å². The summed E-state index contributed by atoms with van der Waals surface area (Å²) < 4.78 is 2.06. The second-order valence-electron chi connectivity index (χ2n) is 4.31. The lowest BCUT2D eigenvalue weighted by Crippen LogP contribution is -2.07. The van der Waals surface area contributed by atoms with E-state index in [4.69, 9.17) is 0 Å². The molecule has 0 aliphatic heterocycles. The number of hydrogen-bond donors (Lipinski definition) is 1. The molecule has 20 heavy (non-hydrogen) atoms. The second-order valence-corrected chi connectivity index (χ2v) is 6.14. The molecule has 2 rings (SSSR count). The van der Waals surface area contributed by atoms with Crippen LogP contribution in [0.1, 0.15) is 18.1 Å². The first-order chi connectivity index (χ1) is 9.56. The maximum absolute atomic E-state index is 4.37. The fourth-order valence-corrected chi connectivity index (χ4v) is 2.47. The summed E-state index contributed by atoms with van der Waals surface area (Å²) in [5.41, 5.74) is 6.74. The average molecular weight is 394 g/mol. The Hall–Kier alpha value is -1.39. The molecule has 4 heteroatoms. The summed E-state index contributed by atoms with van der Waals surface area (Å²) in [6, 6.07) is 16.0. The fraction of sp³-hybridized carbons (Fsp3) is 0.0625. The highest BCUT2D eigenvalue weighted by Gasteiger charge is 2.00. The van der Waals surface area contributed by atoms with Crippen molar-refractivity contribution in [1.29, 1.82) is 0 Å². The van der Waals surface area contributed by atoms with Gasteiger partial charge in [0.15, 0.2) is 0 Å². The molecule has 102 valence electrons. The Kier molecular flexibility index (Phi) is 5.15. The molecule has 0 bridgehead atoms. The highest BCUT2D eigenvalue weighted by Crippen LogP contribution is 2.16. The first kappa shape index (κ1) is 15.0. The summed E-state index contributed by atoms with van der Waals surface area (Å²) in [7, 11) is 0. The number of hydrogen-bond acceptors (Lipinski definition) is 2. The van der Waals surface area contributed by atoms with Crippen LogP contribution in [0.3, 0.4) is 0 Å². The van der Waals surface area contributed by atoms with E-state index in [9.17, 15) is 0 Å². The molecule has 2 nitrogen and oxygen atoms in total. The van der Waals surface area contributed by atoms with Gasteiger partial charge in [-0.3, -0.25) is 5.43 Å². The molecule has 0 aromatic heterocycles. The Morgan fingerprint density at radius 2 is 1.55 bits per heavy atom. The molecule has 0 amide bonds. The topological polar surface area (TPSA) is 24.4 Å². The first-order valence-electron chi connectivity index (χ1n) is 6.07. The van der Waals surface area contributed by atoms with E-state index >= 15 is 0 Å². The van der Waals surface area contributed by atoms with Crippen molar-refractivity contribution in [3.63, 3.8) is 0 Å². The van der Waals surface area contributed by atoms with Crippen LogP contribution in [0.25, 0.3) is 5.70 Å². The van der Waals surface area contributed by atoms with E-state index in [0.717, 1.165) is 31.5 Å². The highest BCUT2D eigenvalue weighted by molar-refractivity contribution is 9.10. The molecule has 2 aromatic rings. The Bertz CT molecular complexity index is 663. The largest absolute Gasteiger partial charge is 0.278 e. The van der Waals surface area contributed by atoms with E-state index in [1.807, 2.05) is 55.5 Å². The van der Waals surface area contributed by atoms with Gasteiger partial charge in [-0.2, -0.15) is 5.10 Å². The zero-order chi connectivity index (χ0) is 14.5. The predicted molar refractivity (Wildman–Crippen MR) is 92.7 cm³/mol. The Balaban J connectivity index is 2.11. The predicted octanol–water partition coefficient (Wildman–Crippen LogP) is 5.20. The average Bonchev–Trinajstić information content (AvgIpc) is 2.44. The van der Waals surface area contributed by atoms with Crippen LogP contribution in [0.4, 0.5) is 0 Å². The van der Waals surface area contributed by atoms with Crippen molar-refractivity contribution in [1.82, 2.24) is 5.43 Å². The molecule has 0 aliphatic rings. The van der Waals surface area contributed by atoms with Crippen LogP contribution in [0.2, 0.25) is 0 Å². The molecule has 0 aliphatic carbocycles. The van der Waals surface area contributed by atoms with Crippen molar-refractivity contribution in [3.8, 4) is 0 Å². The molecule has 0 saturated heterocycles. The molecule has 0 spiro atoms. The summed E-state index contributed by atoms with van der Waals surface area (Å²) in [5, 5.41) is 4.37. The lowest BCUT2D eigenvalue weighted by Gasteiger charge is -2.07. The normalized spacial score (nSPS) is 11.2. The van der Waals surface area contributed by atoms with Crippen molar-refractivity contribution in [2.45, 2.75) is 6.92 Å². The monoisotopic (exact) mass is 392 g/mol. The zero-order valence-electron chi connectivity index (χ0n) is 11.0. The van der Waals surface area contributed by atoms with Crippen molar-refractivity contribution >= 4 is 43.3 Å². The number of rotatable bonds is 4. The minimum absolute atomic E-state index is 0.764. The summed E-state index contributed by atoms with van der Waals surface area (Å²) in [6.07, 6.45) is 0. The van der Waals surface area contributed by atoms with E-state index < -0.39 is 0 Å². The van der Waals surface area contributed by atoms with Crippen LogP contribution in [-0.4, -0.2) is 5.71 Å². The number of nitrogens with zero attached hydrogens (tertiary/aromatic N) is 1. The standard InChI is InChI=1S/C16H14Br2N2/c1-11(13-5-3-7-15(17)9-13)19-20-12(2)14-6-4-8-16(18)10-14/h3-10,19H,1H2,2H3/b20-12+. The quantitative estimate of drug-likeness (QED) is 0.560. The lowest BCUT2D eigenvalue weighted by atomic mass is 10.1. The van der Waals surface area contributed by atoms with Crippen LogP contribution in [0.5, 0.6) is 0 Å². The van der Waals surface area contributed by atoms with Gasteiger partial charge in [-0.1, -0.05) is 62.7 Å². The molecule has 0 heterocycles. The van der Waals surface area contributed by atoms with Crippen LogP contribution < -0.4 is 5.43 Å². The molecule has 1 N–H and O–H groups in total. The van der Waals surface area contributed by atoms with Gasteiger partial charge in [0.1, 0.15) is 0 Å². The van der Waals surface area contributed by atoms with Crippen LogP contribution >= 0.6 is 31.9 Å². The maximum Gasteiger partial charge on any atom is 0.0648 e. The SMILES string of the molecule is C=C(N/N=C(\C)c1cccc(Br)c1)c1cccc(Br)c1. The lowest BCUT2D eigenvalue weighted by molar-refractivity contribution is 0.991. The third-order valence-electron chi connectivity index (χ3n) is 2.77. The minimum Gasteiger partial charge on any atom is -0.278 e. The third-order valence-corrected chi connectivity index (χ3v) is 3.76. The van der Waals surface area contributed by atoms with E-state index in [2.05, 4.69) is 49.0 Å². The summed E-state index contributed by atoms with van der Waals surface area (Å²) in [6.45, 7) is 5.96. The van der Waals surface area contributed by atoms with Crippen molar-refractivity contribution in [3.05, 3.63) is 75.2 Å². The minimum atomic E-state index is 0.764. The molecular formula is C16H14Br2N2. The van der Waals surface area contributed by atoms with Crippen molar-refractivity contribution < 1.29 is 0 Å². The van der Waals surface area contributed by atoms with Crippen LogP contribution in [-0.2, 0) is 0 Å². The number of hydrazone groups is 1. The molecule has 0 saturated carbocycles. The summed E-state index contributed by atoms with van der Waals surface area (Å²) >= 11 is 6.90. The van der Waals surface area contributed by atoms with Gasteiger partial charge in [-0.05, 0) is 42.3 Å². The van der Waals surface area contributed by atoms with Gasteiger partial charge < -0.3 is 0 Å². The number of nitrogens with one attached hydrogen (secondary N) is 1. The van der Waals surface area contributed by atoms with Gasteiger partial charge in [-0.15, -0.1) is 0 Å². The highest BCUT2D eigenvalue weighted by atomic mass is 79.9. The van der Waals surface area contributed by atoms with Crippen molar-refractivity contribution in [2.75, 3.05) is 0 Å². The summed E-state index contributed by atoms with van der Waals surface area (Å²) in [5.74, 6) is 0. The van der Waals surface area contributed by atoms with Crippen LogP contribution in [0.15, 0.2) is 69.2 Å². The summed E-state index contributed by atoms with van der Waals surface area (Å²) in [4.78, 5) is 0. The third kappa shape index (κ3) is 4.05. The molecule has 0 radical (unpaired) electrons. The van der Waals surface area contributed by atoms with E-state index in [1.165, 1.54) is 0 Å². The maximum atomic E-state index is 4.37. The Labute approximate surface area is 135 Å². The van der Waals surface area contributed by atoms with E-state index in [1.54, 1.807) is 0 Å². The van der Waals surface area contributed by atoms with Gasteiger partial charge in [0, 0.05) is 8.95 Å². The molecule has 0 unspecified atom stereocenters. The van der Waals surface area contributed by atoms with Crippen LogP contribution in [0, 0.1) is 0 Å². The van der Waals surface area contributed by atoms with E-state index in [-0.39, 0.29) is 0 Å². The first-order valence-corrected chi connectivity index (χ1v) is 7.66. The number of halogens is 2. The van der Waals surface area contributed by atoms with Gasteiger partial charge in [0.05, 0.1) is 11.4 Å². The number of benzene rings is 2. The van der Waals surface area contributed by atoms with E-state index in [0.29, 0.717) is 0 Å². The van der Waals surface area contributed by atoms with Gasteiger partial charge in [0.2, 0.25) is 0 Å². The smallest absolute Gasteiger partial charge is 0.0648 e. The van der Waals surface area contributed by atoms with Gasteiger partial charge in [-0.25, -0.2) is 0 Å². The molecule has 0 fully saturated rings. The fourth-order valence-electron chi connectivity index (χ4n) is 1.67. The molecule has 2 aromatic carbocycles. The molecule has 0 atom stereocenters.